The summed E-state index contributed by atoms with van der Waals surface area (Å²) in [6, 6.07) is 10.4. The zero-order valence-electron chi connectivity index (χ0n) is 13.6. The van der Waals surface area contributed by atoms with Crippen LogP contribution in [0.2, 0.25) is 0 Å². The molecule has 1 fully saturated rings. The second-order valence-corrected chi connectivity index (χ2v) is 7.58. The molecule has 1 aromatic carbocycles. The Morgan fingerprint density at radius 1 is 1.21 bits per heavy atom. The number of rotatable bonds is 6. The molecule has 0 atom stereocenters. The smallest absolute Gasteiger partial charge is 0.317 e. The number of hydrogen-bond donors (Lipinski definition) is 1. The van der Waals surface area contributed by atoms with Crippen molar-refractivity contribution in [2.45, 2.75) is 11.3 Å². The van der Waals surface area contributed by atoms with Crippen LogP contribution in [-0.4, -0.2) is 54.4 Å². The molecule has 0 bridgehead atoms. The molecule has 1 aliphatic heterocycles. The van der Waals surface area contributed by atoms with Crippen LogP contribution in [0.4, 0.5) is 9.93 Å². The van der Waals surface area contributed by atoms with E-state index in [1.54, 1.807) is 11.3 Å². The Morgan fingerprint density at radius 2 is 2.00 bits per heavy atom. The van der Waals surface area contributed by atoms with Gasteiger partial charge in [-0.1, -0.05) is 18.2 Å². The maximum Gasteiger partial charge on any atom is 0.317 e. The Balaban J connectivity index is 1.30. The summed E-state index contributed by atoms with van der Waals surface area (Å²) in [6.07, 6.45) is 2.80. The zero-order valence-corrected chi connectivity index (χ0v) is 15.2. The van der Waals surface area contributed by atoms with Crippen molar-refractivity contribution >= 4 is 34.3 Å². The third kappa shape index (κ3) is 4.88. The molecule has 2 heterocycles. The van der Waals surface area contributed by atoms with Gasteiger partial charge in [0.2, 0.25) is 0 Å². The summed E-state index contributed by atoms with van der Waals surface area (Å²) in [5.74, 6) is 1.02. The molecule has 1 aliphatic rings. The lowest BCUT2D eigenvalue weighted by molar-refractivity contribution is 0.194. The highest BCUT2D eigenvalue weighted by molar-refractivity contribution is 7.99. The third-order valence-corrected chi connectivity index (χ3v) is 5.80. The second kappa shape index (κ2) is 8.94. The van der Waals surface area contributed by atoms with E-state index in [9.17, 15) is 4.79 Å². The standard InChI is InChI=1S/C17H22N4OS2/c22-16(18-7-4-13-23-15-5-2-1-3-6-15)20-9-11-21(12-10-20)17-19-8-14-24-17/h1-3,5-6,8,14H,4,7,9-13H2,(H,18,22). The van der Waals surface area contributed by atoms with Crippen molar-refractivity contribution in [2.24, 2.45) is 0 Å². The number of nitrogens with one attached hydrogen (secondary N) is 1. The van der Waals surface area contributed by atoms with Crippen molar-refractivity contribution in [3.05, 3.63) is 41.9 Å². The molecule has 7 heteroatoms. The average molecular weight is 363 g/mol. The number of hydrogen-bond acceptors (Lipinski definition) is 5. The van der Waals surface area contributed by atoms with Gasteiger partial charge in [0.05, 0.1) is 0 Å². The summed E-state index contributed by atoms with van der Waals surface area (Å²) in [7, 11) is 0. The van der Waals surface area contributed by atoms with Crippen molar-refractivity contribution in [3.63, 3.8) is 0 Å². The van der Waals surface area contributed by atoms with Gasteiger partial charge in [0.1, 0.15) is 0 Å². The number of carbonyl (C=O) groups is 1. The Kier molecular flexibility index (Phi) is 6.37. The summed E-state index contributed by atoms with van der Waals surface area (Å²) < 4.78 is 0. The molecule has 1 aromatic heterocycles. The van der Waals surface area contributed by atoms with E-state index in [0.29, 0.717) is 0 Å². The Bertz CT molecular complexity index is 613. The number of thiazole rings is 1. The molecule has 0 unspecified atom stereocenters. The van der Waals surface area contributed by atoms with Crippen molar-refractivity contribution < 1.29 is 4.79 Å². The molecule has 2 amide bonds. The molecular formula is C17H22N4OS2. The first-order chi connectivity index (χ1) is 11.8. The SMILES string of the molecule is O=C(NCCCSc1ccccc1)N1CCN(c2nccs2)CC1. The summed E-state index contributed by atoms with van der Waals surface area (Å²) in [4.78, 5) is 21.9. The molecule has 0 aliphatic carbocycles. The van der Waals surface area contributed by atoms with Crippen LogP contribution in [0.5, 0.6) is 0 Å². The van der Waals surface area contributed by atoms with Crippen molar-refractivity contribution in [3.8, 4) is 0 Å². The van der Waals surface area contributed by atoms with Crippen molar-refractivity contribution in [1.29, 1.82) is 0 Å². The van der Waals surface area contributed by atoms with E-state index in [-0.39, 0.29) is 6.03 Å². The summed E-state index contributed by atoms with van der Waals surface area (Å²) in [6.45, 7) is 3.94. The van der Waals surface area contributed by atoms with Crippen LogP contribution in [0.3, 0.4) is 0 Å². The molecule has 3 rings (SSSR count). The fraction of sp³-hybridized carbons (Fsp3) is 0.412. The van der Waals surface area contributed by atoms with Gasteiger partial charge in [-0.15, -0.1) is 23.1 Å². The van der Waals surface area contributed by atoms with Gasteiger partial charge in [-0.2, -0.15) is 0 Å². The lowest BCUT2D eigenvalue weighted by Gasteiger charge is -2.34. The third-order valence-electron chi connectivity index (χ3n) is 3.87. The lowest BCUT2D eigenvalue weighted by Crippen LogP contribution is -2.52. The molecule has 1 saturated heterocycles. The molecule has 0 saturated carbocycles. The molecule has 0 radical (unpaired) electrons. The number of nitrogens with zero attached hydrogens (tertiary/aromatic N) is 3. The maximum absolute atomic E-state index is 12.2. The van der Waals surface area contributed by atoms with Crippen LogP contribution in [0, 0.1) is 0 Å². The van der Waals surface area contributed by atoms with E-state index in [1.807, 2.05) is 34.3 Å². The minimum absolute atomic E-state index is 0.0542. The molecule has 0 spiro atoms. The number of amides is 2. The molecule has 1 N–H and O–H groups in total. The van der Waals surface area contributed by atoms with E-state index >= 15 is 0 Å². The van der Waals surface area contributed by atoms with Crippen LogP contribution in [0.25, 0.3) is 0 Å². The van der Waals surface area contributed by atoms with E-state index in [4.69, 9.17) is 0 Å². The van der Waals surface area contributed by atoms with Crippen LogP contribution in [0.15, 0.2) is 46.8 Å². The summed E-state index contributed by atoms with van der Waals surface area (Å²) in [5.41, 5.74) is 0. The fourth-order valence-electron chi connectivity index (χ4n) is 2.56. The van der Waals surface area contributed by atoms with Gasteiger partial charge in [-0.05, 0) is 24.3 Å². The van der Waals surface area contributed by atoms with E-state index < -0.39 is 0 Å². The number of carbonyl (C=O) groups excluding carboxylic acids is 1. The molecule has 24 heavy (non-hydrogen) atoms. The highest BCUT2D eigenvalue weighted by Gasteiger charge is 2.21. The van der Waals surface area contributed by atoms with Crippen LogP contribution in [-0.2, 0) is 0 Å². The Morgan fingerprint density at radius 3 is 2.71 bits per heavy atom. The topological polar surface area (TPSA) is 48.5 Å². The highest BCUT2D eigenvalue weighted by atomic mass is 32.2. The summed E-state index contributed by atoms with van der Waals surface area (Å²) in [5, 5.41) is 6.07. The van der Waals surface area contributed by atoms with E-state index in [0.717, 1.165) is 50.0 Å². The van der Waals surface area contributed by atoms with E-state index in [2.05, 4.69) is 39.5 Å². The first kappa shape index (κ1) is 17.1. The minimum Gasteiger partial charge on any atom is -0.345 e. The van der Waals surface area contributed by atoms with Gasteiger partial charge < -0.3 is 15.1 Å². The first-order valence-electron chi connectivity index (χ1n) is 8.18. The quantitative estimate of drug-likeness (QED) is 0.633. The maximum atomic E-state index is 12.2. The van der Waals surface area contributed by atoms with Gasteiger partial charge >= 0.3 is 6.03 Å². The van der Waals surface area contributed by atoms with Crippen LogP contribution < -0.4 is 10.2 Å². The average Bonchev–Trinajstić information content (AvgIpc) is 3.17. The highest BCUT2D eigenvalue weighted by Crippen LogP contribution is 2.19. The Hall–Kier alpha value is -1.73. The number of anilines is 1. The number of piperazine rings is 1. The normalized spacial score (nSPS) is 14.7. The van der Waals surface area contributed by atoms with Gasteiger partial charge in [-0.3, -0.25) is 0 Å². The summed E-state index contributed by atoms with van der Waals surface area (Å²) >= 11 is 3.48. The largest absolute Gasteiger partial charge is 0.345 e. The minimum atomic E-state index is 0.0542. The van der Waals surface area contributed by atoms with Gasteiger partial charge in [0.15, 0.2) is 5.13 Å². The second-order valence-electron chi connectivity index (χ2n) is 5.54. The molecule has 2 aromatic rings. The predicted octanol–water partition coefficient (Wildman–Crippen LogP) is 3.16. The molecule has 128 valence electrons. The zero-order chi connectivity index (χ0) is 16.6. The lowest BCUT2D eigenvalue weighted by atomic mass is 10.3. The number of thioether (sulfide) groups is 1. The number of urea groups is 1. The first-order valence-corrected chi connectivity index (χ1v) is 10.0. The van der Waals surface area contributed by atoms with Gasteiger partial charge in [0, 0.05) is 49.2 Å². The van der Waals surface area contributed by atoms with Gasteiger partial charge in [0.25, 0.3) is 0 Å². The molecule has 5 nitrogen and oxygen atoms in total. The fourth-order valence-corrected chi connectivity index (χ4v) is 4.13. The van der Waals surface area contributed by atoms with Crippen LogP contribution in [0.1, 0.15) is 6.42 Å². The van der Waals surface area contributed by atoms with Crippen molar-refractivity contribution in [2.75, 3.05) is 43.4 Å². The number of aromatic nitrogens is 1. The number of benzene rings is 1. The van der Waals surface area contributed by atoms with E-state index in [1.165, 1.54) is 4.90 Å². The van der Waals surface area contributed by atoms with Crippen LogP contribution >= 0.6 is 23.1 Å². The monoisotopic (exact) mass is 362 g/mol. The van der Waals surface area contributed by atoms with Gasteiger partial charge in [-0.25, -0.2) is 9.78 Å². The Labute approximate surface area is 151 Å². The molecular weight excluding hydrogens is 340 g/mol. The predicted molar refractivity (Wildman–Crippen MR) is 101 cm³/mol. The van der Waals surface area contributed by atoms with Crippen molar-refractivity contribution in [1.82, 2.24) is 15.2 Å².